The fraction of sp³-hybridized carbons (Fsp3) is 0.345. The summed E-state index contributed by atoms with van der Waals surface area (Å²) in [5.74, 6) is 0.395. The standard InChI is InChI=1S/C29H37O4P/c1-22(2)27(20-30)28(23(3)4)21-32-34(25-16-10-6-11-17-25,26-18-12-7-13-19-26)33-29(31)24-14-8-5-9-15-24/h5-19,22-23,27-28,30,34H,20-21H2,1-4H3. The van der Waals surface area contributed by atoms with Crippen molar-refractivity contribution >= 4 is 24.3 Å². The molecule has 0 amide bonds. The summed E-state index contributed by atoms with van der Waals surface area (Å²) < 4.78 is 13.3. The van der Waals surface area contributed by atoms with Gasteiger partial charge in [-0.25, -0.2) is 0 Å². The predicted molar refractivity (Wildman–Crippen MR) is 142 cm³/mol. The second-order valence-electron chi connectivity index (χ2n) is 9.41. The molecule has 3 aromatic rings. The molecule has 0 saturated carbocycles. The average molecular weight is 481 g/mol. The topological polar surface area (TPSA) is 55.8 Å². The van der Waals surface area contributed by atoms with Crippen molar-refractivity contribution in [2.24, 2.45) is 23.7 Å². The maximum absolute atomic E-state index is 13.4. The molecule has 0 fully saturated rings. The number of aliphatic hydroxyl groups is 1. The molecule has 0 aromatic heterocycles. The summed E-state index contributed by atoms with van der Waals surface area (Å²) in [6, 6.07) is 28.7. The number of carbonyl (C=O) groups is 1. The normalized spacial score (nSPS) is 14.1. The van der Waals surface area contributed by atoms with Crippen LogP contribution in [0.25, 0.3) is 0 Å². The molecule has 1 N–H and O–H groups in total. The van der Waals surface area contributed by atoms with E-state index >= 15 is 0 Å². The van der Waals surface area contributed by atoms with Crippen molar-refractivity contribution in [2.45, 2.75) is 27.7 Å². The minimum absolute atomic E-state index is 0.0862. The first-order valence-electron chi connectivity index (χ1n) is 12.0. The van der Waals surface area contributed by atoms with Gasteiger partial charge in [0.2, 0.25) is 0 Å². The Bertz CT molecular complexity index is 967. The minimum atomic E-state index is -3.43. The summed E-state index contributed by atoms with van der Waals surface area (Å²) in [7, 11) is -3.43. The molecular weight excluding hydrogens is 443 g/mol. The van der Waals surface area contributed by atoms with Gasteiger partial charge in [-0.05, 0) is 0 Å². The van der Waals surface area contributed by atoms with Crippen LogP contribution in [0.2, 0.25) is 0 Å². The van der Waals surface area contributed by atoms with Gasteiger partial charge in [0.15, 0.2) is 0 Å². The molecule has 3 rings (SSSR count). The quantitative estimate of drug-likeness (QED) is 0.362. The fourth-order valence-corrected chi connectivity index (χ4v) is 7.45. The van der Waals surface area contributed by atoms with Gasteiger partial charge in [-0.2, -0.15) is 0 Å². The van der Waals surface area contributed by atoms with E-state index in [1.54, 1.807) is 12.1 Å². The van der Waals surface area contributed by atoms with Crippen LogP contribution < -0.4 is 10.6 Å². The van der Waals surface area contributed by atoms with E-state index in [0.29, 0.717) is 24.0 Å². The summed E-state index contributed by atoms with van der Waals surface area (Å²) >= 11 is 0. The Kier molecular flexibility index (Phi) is 9.41. The van der Waals surface area contributed by atoms with Crippen LogP contribution in [0.1, 0.15) is 38.1 Å². The van der Waals surface area contributed by atoms with Crippen LogP contribution in [0.15, 0.2) is 91.0 Å². The number of benzene rings is 3. The van der Waals surface area contributed by atoms with Gasteiger partial charge in [-0.1, -0.05) is 0 Å². The summed E-state index contributed by atoms with van der Waals surface area (Å²) in [5.41, 5.74) is 0.491. The molecule has 0 bridgehead atoms. The van der Waals surface area contributed by atoms with E-state index < -0.39 is 13.7 Å². The van der Waals surface area contributed by atoms with Crippen molar-refractivity contribution in [2.75, 3.05) is 13.2 Å². The second kappa shape index (κ2) is 12.3. The van der Waals surface area contributed by atoms with E-state index in [4.69, 9.17) is 9.05 Å². The van der Waals surface area contributed by atoms with E-state index in [1.165, 1.54) is 0 Å². The molecule has 3 aromatic carbocycles. The van der Waals surface area contributed by atoms with Gasteiger partial charge in [-0.15, -0.1) is 0 Å². The third-order valence-electron chi connectivity index (χ3n) is 6.51. The first kappa shape index (κ1) is 26.1. The Morgan fingerprint density at radius 1 is 0.735 bits per heavy atom. The average Bonchev–Trinajstić information content (AvgIpc) is 2.86. The zero-order valence-corrected chi connectivity index (χ0v) is 21.6. The van der Waals surface area contributed by atoms with E-state index in [9.17, 15) is 9.90 Å². The van der Waals surface area contributed by atoms with E-state index in [-0.39, 0.29) is 18.4 Å². The SMILES string of the molecule is CC(C)C(CO)C(CO[PH](OC(=O)c1ccccc1)(c1ccccc1)c1ccccc1)C(C)C. The van der Waals surface area contributed by atoms with Crippen molar-refractivity contribution in [1.82, 2.24) is 0 Å². The van der Waals surface area contributed by atoms with Gasteiger partial charge >= 0.3 is 204 Å². The molecule has 0 aliphatic heterocycles. The molecule has 182 valence electrons. The van der Waals surface area contributed by atoms with Crippen LogP contribution in [0.4, 0.5) is 0 Å². The Balaban J connectivity index is 2.08. The van der Waals surface area contributed by atoms with Gasteiger partial charge in [0.25, 0.3) is 0 Å². The Morgan fingerprint density at radius 2 is 1.18 bits per heavy atom. The third-order valence-corrected chi connectivity index (χ3v) is 9.74. The number of rotatable bonds is 11. The van der Waals surface area contributed by atoms with Gasteiger partial charge in [0.05, 0.1) is 0 Å². The van der Waals surface area contributed by atoms with E-state index in [2.05, 4.69) is 27.7 Å². The maximum atomic E-state index is 13.4. The molecule has 0 spiro atoms. The molecular formula is C29H37O4P. The van der Waals surface area contributed by atoms with E-state index in [0.717, 1.165) is 10.6 Å². The first-order valence-corrected chi connectivity index (χ1v) is 13.8. The van der Waals surface area contributed by atoms with Crippen molar-refractivity contribution in [3.63, 3.8) is 0 Å². The van der Waals surface area contributed by atoms with Crippen molar-refractivity contribution in [3.05, 3.63) is 96.6 Å². The van der Waals surface area contributed by atoms with Crippen molar-refractivity contribution in [3.8, 4) is 0 Å². The zero-order chi connectivity index (χ0) is 24.6. The van der Waals surface area contributed by atoms with Crippen LogP contribution >= 0.6 is 7.72 Å². The summed E-state index contributed by atoms with van der Waals surface area (Å²) in [6.07, 6.45) is 0. The van der Waals surface area contributed by atoms with Crippen LogP contribution in [0.3, 0.4) is 0 Å². The monoisotopic (exact) mass is 480 g/mol. The van der Waals surface area contributed by atoms with Crippen molar-refractivity contribution in [1.29, 1.82) is 0 Å². The molecule has 34 heavy (non-hydrogen) atoms. The molecule has 4 nitrogen and oxygen atoms in total. The first-order chi connectivity index (χ1) is 16.4. The molecule has 0 heterocycles. The van der Waals surface area contributed by atoms with Gasteiger partial charge in [0.1, 0.15) is 0 Å². The molecule has 0 radical (unpaired) electrons. The van der Waals surface area contributed by atoms with Crippen LogP contribution in [0, 0.1) is 23.7 Å². The van der Waals surface area contributed by atoms with E-state index in [1.807, 2.05) is 78.9 Å². The summed E-state index contributed by atoms with van der Waals surface area (Å²) in [6.45, 7) is 9.06. The fourth-order valence-electron chi connectivity index (χ4n) is 4.42. The van der Waals surface area contributed by atoms with Gasteiger partial charge < -0.3 is 0 Å². The zero-order valence-electron chi connectivity index (χ0n) is 20.6. The van der Waals surface area contributed by atoms with Crippen molar-refractivity contribution < 1.29 is 18.9 Å². The number of aliphatic hydroxyl groups excluding tert-OH is 1. The Morgan fingerprint density at radius 3 is 1.59 bits per heavy atom. The van der Waals surface area contributed by atoms with Crippen LogP contribution in [0.5, 0.6) is 0 Å². The molecule has 2 unspecified atom stereocenters. The molecule has 2 atom stereocenters. The van der Waals surface area contributed by atoms with Gasteiger partial charge in [0, 0.05) is 0 Å². The predicted octanol–water partition coefficient (Wildman–Crippen LogP) is 5.63. The number of carbonyl (C=O) groups excluding carboxylic acids is 1. The molecule has 0 saturated heterocycles. The molecule has 5 heteroatoms. The molecule has 0 aliphatic carbocycles. The second-order valence-corrected chi connectivity index (χ2v) is 12.3. The van der Waals surface area contributed by atoms with Gasteiger partial charge in [-0.3, -0.25) is 0 Å². The Labute approximate surface area is 204 Å². The summed E-state index contributed by atoms with van der Waals surface area (Å²) in [5, 5.41) is 11.9. The molecule has 0 aliphatic rings. The number of hydrogen-bond acceptors (Lipinski definition) is 4. The van der Waals surface area contributed by atoms with Crippen LogP contribution in [-0.4, -0.2) is 24.3 Å². The third kappa shape index (κ3) is 6.13. The Hall–Kier alpha value is -2.52. The van der Waals surface area contributed by atoms with Crippen LogP contribution in [-0.2, 0) is 9.05 Å². The summed E-state index contributed by atoms with van der Waals surface area (Å²) in [4.78, 5) is 13.4. The number of hydrogen-bond donors (Lipinski definition) is 1.